The Balaban J connectivity index is 1.08. The van der Waals surface area contributed by atoms with Crippen LogP contribution in [0.15, 0.2) is 200 Å². The van der Waals surface area contributed by atoms with Crippen LogP contribution in [0.4, 0.5) is 17.1 Å². The monoisotopic (exact) mass is 703 g/mol. The first-order chi connectivity index (χ1) is 26.8. The summed E-state index contributed by atoms with van der Waals surface area (Å²) in [7, 11) is 0. The minimum Gasteiger partial charge on any atom is -0.310 e. The highest BCUT2D eigenvalue weighted by Gasteiger charge is 2.19. The molecular formula is C52H33NS. The number of fused-ring (bicyclic) bond motifs is 10. The van der Waals surface area contributed by atoms with Crippen LogP contribution >= 0.6 is 11.3 Å². The zero-order valence-electron chi connectivity index (χ0n) is 29.4. The number of anilines is 3. The first kappa shape index (κ1) is 30.8. The number of hydrogen-bond acceptors (Lipinski definition) is 2. The average molecular weight is 704 g/mol. The summed E-state index contributed by atoms with van der Waals surface area (Å²) < 4.78 is 2.66. The maximum absolute atomic E-state index is 2.42. The summed E-state index contributed by atoms with van der Waals surface area (Å²) in [5.74, 6) is 0. The largest absolute Gasteiger partial charge is 0.310 e. The van der Waals surface area contributed by atoms with Gasteiger partial charge in [0.05, 0.1) is 5.69 Å². The van der Waals surface area contributed by atoms with E-state index >= 15 is 0 Å². The summed E-state index contributed by atoms with van der Waals surface area (Å²) in [5.41, 5.74) is 8.20. The Morgan fingerprint density at radius 2 is 0.944 bits per heavy atom. The van der Waals surface area contributed by atoms with Crippen LogP contribution < -0.4 is 4.90 Å². The van der Waals surface area contributed by atoms with Gasteiger partial charge in [0.1, 0.15) is 0 Å². The van der Waals surface area contributed by atoms with Crippen molar-refractivity contribution in [2.24, 2.45) is 0 Å². The van der Waals surface area contributed by atoms with E-state index in [-0.39, 0.29) is 0 Å². The normalized spacial score (nSPS) is 11.7. The van der Waals surface area contributed by atoms with Gasteiger partial charge in [-0.25, -0.2) is 0 Å². The van der Waals surface area contributed by atoms with Gasteiger partial charge in [-0.15, -0.1) is 11.3 Å². The molecule has 0 aliphatic carbocycles. The van der Waals surface area contributed by atoms with Gasteiger partial charge in [0, 0.05) is 37.1 Å². The molecule has 252 valence electrons. The van der Waals surface area contributed by atoms with Crippen molar-refractivity contribution in [2.75, 3.05) is 4.90 Å². The second-order valence-corrected chi connectivity index (χ2v) is 15.1. The maximum Gasteiger partial charge on any atom is 0.0540 e. The Bertz CT molecular complexity index is 3210. The lowest BCUT2D eigenvalue weighted by molar-refractivity contribution is 1.29. The SMILES string of the molecule is c1ccc(-c2ccccc2N(c2ccc(-c3cccc4c3ccc3ccc5ccccc5c34)cc2)c2ccc3c(ccc4sc5ccccc5c43)c2)cc1. The maximum atomic E-state index is 2.42. The number of rotatable bonds is 5. The molecule has 0 spiro atoms. The van der Waals surface area contributed by atoms with Crippen molar-refractivity contribution < 1.29 is 0 Å². The van der Waals surface area contributed by atoms with Gasteiger partial charge in [-0.3, -0.25) is 0 Å². The molecule has 1 aromatic heterocycles. The lowest BCUT2D eigenvalue weighted by Crippen LogP contribution is -2.11. The van der Waals surface area contributed by atoms with E-state index in [0.29, 0.717) is 0 Å². The standard InChI is InChI=1S/C52H33NS/c1-2-11-34(12-3-1)42-14-6-8-19-48(42)53(40-29-31-44-38(33-40)26-32-50-52(44)47-16-7-9-20-49(47)54-50)39-27-23-36(24-28-39)41-17-10-18-46-45(41)30-25-37-22-21-35-13-4-5-15-43(35)51(37)46/h1-33H. The molecule has 0 aliphatic rings. The van der Waals surface area contributed by atoms with E-state index in [4.69, 9.17) is 0 Å². The van der Waals surface area contributed by atoms with Gasteiger partial charge in [-0.1, -0.05) is 158 Å². The number of hydrogen-bond donors (Lipinski definition) is 0. The van der Waals surface area contributed by atoms with Crippen molar-refractivity contribution >= 4 is 91.7 Å². The molecule has 11 rings (SSSR count). The molecule has 0 saturated carbocycles. The third-order valence-electron chi connectivity index (χ3n) is 11.0. The molecule has 0 atom stereocenters. The van der Waals surface area contributed by atoms with Crippen molar-refractivity contribution in [3.8, 4) is 22.3 Å². The second-order valence-electron chi connectivity index (χ2n) is 14.1. The Hall–Kier alpha value is -6.74. The molecule has 10 aromatic carbocycles. The number of nitrogens with zero attached hydrogens (tertiary/aromatic N) is 1. The lowest BCUT2D eigenvalue weighted by atomic mass is 9.92. The lowest BCUT2D eigenvalue weighted by Gasteiger charge is -2.28. The van der Waals surface area contributed by atoms with Crippen molar-refractivity contribution in [1.29, 1.82) is 0 Å². The van der Waals surface area contributed by atoms with Crippen LogP contribution in [0.5, 0.6) is 0 Å². The van der Waals surface area contributed by atoms with Crippen LogP contribution in [-0.4, -0.2) is 0 Å². The summed E-state index contributed by atoms with van der Waals surface area (Å²) in [6.07, 6.45) is 0. The van der Waals surface area contributed by atoms with Gasteiger partial charge in [0.25, 0.3) is 0 Å². The van der Waals surface area contributed by atoms with Crippen LogP contribution in [0.25, 0.3) is 85.5 Å². The molecule has 0 fully saturated rings. The van der Waals surface area contributed by atoms with Crippen LogP contribution in [0.3, 0.4) is 0 Å². The summed E-state index contributed by atoms with van der Waals surface area (Å²) >= 11 is 1.87. The fourth-order valence-electron chi connectivity index (χ4n) is 8.54. The summed E-state index contributed by atoms with van der Waals surface area (Å²) in [5, 5.41) is 12.9. The molecule has 0 amide bonds. The highest BCUT2D eigenvalue weighted by molar-refractivity contribution is 7.26. The summed E-state index contributed by atoms with van der Waals surface area (Å²) in [6, 6.07) is 73.5. The number of benzene rings is 10. The minimum absolute atomic E-state index is 1.11. The molecule has 0 bridgehead atoms. The van der Waals surface area contributed by atoms with E-state index in [1.54, 1.807) is 0 Å². The van der Waals surface area contributed by atoms with Gasteiger partial charge in [0.2, 0.25) is 0 Å². The first-order valence-corrected chi connectivity index (χ1v) is 19.3. The van der Waals surface area contributed by atoms with Gasteiger partial charge in [-0.05, 0) is 102 Å². The third kappa shape index (κ3) is 4.92. The van der Waals surface area contributed by atoms with Crippen LogP contribution in [0.2, 0.25) is 0 Å². The molecule has 1 nitrogen and oxygen atoms in total. The van der Waals surface area contributed by atoms with Crippen molar-refractivity contribution in [2.45, 2.75) is 0 Å². The highest BCUT2D eigenvalue weighted by atomic mass is 32.1. The second kappa shape index (κ2) is 12.4. The molecule has 2 heteroatoms. The van der Waals surface area contributed by atoms with Gasteiger partial charge in [-0.2, -0.15) is 0 Å². The van der Waals surface area contributed by atoms with Gasteiger partial charge >= 0.3 is 0 Å². The Kier molecular flexibility index (Phi) is 7.11. The topological polar surface area (TPSA) is 3.24 Å². The van der Waals surface area contributed by atoms with E-state index in [1.807, 2.05) is 11.3 Å². The first-order valence-electron chi connectivity index (χ1n) is 18.5. The highest BCUT2D eigenvalue weighted by Crippen LogP contribution is 2.45. The molecule has 54 heavy (non-hydrogen) atoms. The van der Waals surface area contributed by atoms with Crippen LogP contribution in [-0.2, 0) is 0 Å². The average Bonchev–Trinajstić information content (AvgIpc) is 3.63. The fourth-order valence-corrected chi connectivity index (χ4v) is 9.66. The molecule has 0 saturated heterocycles. The summed E-state index contributed by atoms with van der Waals surface area (Å²) in [6.45, 7) is 0. The molecule has 0 aliphatic heterocycles. The third-order valence-corrected chi connectivity index (χ3v) is 12.2. The summed E-state index contributed by atoms with van der Waals surface area (Å²) in [4.78, 5) is 2.42. The molecule has 0 radical (unpaired) electrons. The molecule has 0 unspecified atom stereocenters. The molecular weight excluding hydrogens is 671 g/mol. The van der Waals surface area contributed by atoms with E-state index in [0.717, 1.165) is 17.1 Å². The Labute approximate surface area is 317 Å². The van der Waals surface area contributed by atoms with Gasteiger partial charge in [0.15, 0.2) is 0 Å². The molecule has 0 N–H and O–H groups in total. The van der Waals surface area contributed by atoms with E-state index in [1.165, 1.54) is 85.5 Å². The van der Waals surface area contributed by atoms with Crippen LogP contribution in [0.1, 0.15) is 0 Å². The van der Waals surface area contributed by atoms with Gasteiger partial charge < -0.3 is 4.90 Å². The predicted molar refractivity (Wildman–Crippen MR) is 235 cm³/mol. The quantitative estimate of drug-likeness (QED) is 0.161. The smallest absolute Gasteiger partial charge is 0.0540 e. The fraction of sp³-hybridized carbons (Fsp3) is 0. The van der Waals surface area contributed by atoms with E-state index in [2.05, 4.69) is 205 Å². The number of thiophene rings is 1. The van der Waals surface area contributed by atoms with Crippen molar-refractivity contribution in [1.82, 2.24) is 0 Å². The van der Waals surface area contributed by atoms with Crippen LogP contribution in [0, 0.1) is 0 Å². The number of para-hydroxylation sites is 1. The van der Waals surface area contributed by atoms with E-state index in [9.17, 15) is 0 Å². The van der Waals surface area contributed by atoms with E-state index < -0.39 is 0 Å². The zero-order chi connectivity index (χ0) is 35.6. The minimum atomic E-state index is 1.11. The zero-order valence-corrected chi connectivity index (χ0v) is 30.2. The predicted octanol–water partition coefficient (Wildman–Crippen LogP) is 15.5. The Morgan fingerprint density at radius 3 is 1.85 bits per heavy atom. The molecule has 1 heterocycles. The van der Waals surface area contributed by atoms with Crippen molar-refractivity contribution in [3.05, 3.63) is 200 Å². The van der Waals surface area contributed by atoms with Crippen molar-refractivity contribution in [3.63, 3.8) is 0 Å². The Morgan fingerprint density at radius 1 is 0.315 bits per heavy atom. The molecule has 11 aromatic rings.